The van der Waals surface area contributed by atoms with E-state index in [0.717, 1.165) is 0 Å². The zero-order valence-corrected chi connectivity index (χ0v) is 16.6. The van der Waals surface area contributed by atoms with Gasteiger partial charge in [-0.3, -0.25) is 4.79 Å². The fraction of sp³-hybridized carbons (Fsp3) is 0.235. The maximum absolute atomic E-state index is 12.7. The number of carbonyl (C=O) groups excluding carboxylic acids is 1. The molecule has 0 aliphatic carbocycles. The Labute approximate surface area is 166 Å². The first-order valence-corrected chi connectivity index (χ1v) is 10.4. The smallest absolute Gasteiger partial charge is 0.252 e. The Morgan fingerprint density at radius 1 is 1.21 bits per heavy atom. The Kier molecular flexibility index (Phi) is 5.71. The predicted octanol–water partition coefficient (Wildman–Crippen LogP) is 2.00. The van der Waals surface area contributed by atoms with Crippen LogP contribution in [0.15, 0.2) is 47.9 Å². The summed E-state index contributed by atoms with van der Waals surface area (Å²) in [6.45, 7) is 3.24. The van der Waals surface area contributed by atoms with Crippen molar-refractivity contribution in [2.45, 2.75) is 24.8 Å². The highest BCUT2D eigenvalue weighted by Crippen LogP contribution is 2.21. The first-order valence-electron chi connectivity index (χ1n) is 8.33. The summed E-state index contributed by atoms with van der Waals surface area (Å²) in [6.07, 6.45) is 4.47. The van der Waals surface area contributed by atoms with Crippen LogP contribution in [0.1, 0.15) is 36.1 Å². The molecule has 0 aliphatic heterocycles. The Morgan fingerprint density at radius 2 is 1.93 bits per heavy atom. The molecule has 28 heavy (non-hydrogen) atoms. The summed E-state index contributed by atoms with van der Waals surface area (Å²) < 4.78 is 25.6. The van der Waals surface area contributed by atoms with Gasteiger partial charge in [-0.25, -0.2) is 23.4 Å². The highest BCUT2D eigenvalue weighted by molar-refractivity contribution is 7.91. The van der Waals surface area contributed by atoms with Gasteiger partial charge in [-0.05, 0) is 31.2 Å². The molecule has 1 atom stereocenters. The van der Waals surface area contributed by atoms with Gasteiger partial charge in [-0.15, -0.1) is 0 Å². The molecular weight excluding hydrogens is 404 g/mol. The number of rotatable bonds is 6. The highest BCUT2D eigenvalue weighted by Gasteiger charge is 2.21. The van der Waals surface area contributed by atoms with Gasteiger partial charge in [0.05, 0.1) is 16.7 Å². The van der Waals surface area contributed by atoms with Crippen molar-refractivity contribution in [1.82, 2.24) is 30.0 Å². The van der Waals surface area contributed by atoms with Crippen molar-refractivity contribution in [3.63, 3.8) is 0 Å². The minimum absolute atomic E-state index is 0.00107. The second-order valence-corrected chi connectivity index (χ2v) is 8.57. The summed E-state index contributed by atoms with van der Waals surface area (Å²) in [5, 5.41) is 7.01. The fourth-order valence-corrected chi connectivity index (χ4v) is 3.73. The average Bonchev–Trinajstić information content (AvgIpc) is 3.18. The molecule has 0 aliphatic rings. The molecule has 1 amide bonds. The van der Waals surface area contributed by atoms with E-state index in [1.807, 2.05) is 0 Å². The molecule has 3 rings (SSSR count). The second kappa shape index (κ2) is 8.03. The zero-order valence-electron chi connectivity index (χ0n) is 15.1. The molecule has 146 valence electrons. The molecule has 1 N–H and O–H groups in total. The van der Waals surface area contributed by atoms with Crippen LogP contribution in [0.4, 0.5) is 0 Å². The Morgan fingerprint density at radius 3 is 2.61 bits per heavy atom. The van der Waals surface area contributed by atoms with Gasteiger partial charge in [0.15, 0.2) is 15.7 Å². The lowest BCUT2D eigenvalue weighted by molar-refractivity contribution is 0.0937. The lowest BCUT2D eigenvalue weighted by atomic mass is 10.2. The molecule has 0 unspecified atom stereocenters. The molecule has 0 bridgehead atoms. The summed E-state index contributed by atoms with van der Waals surface area (Å²) >= 11 is 6.01. The second-order valence-electron chi connectivity index (χ2n) is 5.85. The minimum Gasteiger partial charge on any atom is -0.342 e. The number of benzene rings is 1. The summed E-state index contributed by atoms with van der Waals surface area (Å²) in [5.74, 6) is 0.148. The van der Waals surface area contributed by atoms with Gasteiger partial charge in [0.25, 0.3) is 11.9 Å². The van der Waals surface area contributed by atoms with Crippen molar-refractivity contribution < 1.29 is 13.2 Å². The van der Waals surface area contributed by atoms with Gasteiger partial charge in [0.1, 0.15) is 6.33 Å². The van der Waals surface area contributed by atoms with Crippen LogP contribution in [-0.2, 0) is 9.84 Å². The van der Waals surface area contributed by atoms with Crippen molar-refractivity contribution in [2.24, 2.45) is 0 Å². The number of nitrogens with zero attached hydrogens (tertiary/aromatic N) is 5. The molecule has 11 heteroatoms. The normalized spacial score (nSPS) is 12.5. The van der Waals surface area contributed by atoms with Gasteiger partial charge in [0, 0.05) is 23.0 Å². The van der Waals surface area contributed by atoms with Crippen LogP contribution >= 0.6 is 11.6 Å². The van der Waals surface area contributed by atoms with E-state index in [0.29, 0.717) is 11.8 Å². The topological polar surface area (TPSA) is 120 Å². The SMILES string of the molecule is CCS(=O)(=O)c1cc(Cl)cc(C(=O)N[C@@H](C)c2ncnn2-c2ncccn2)c1. The van der Waals surface area contributed by atoms with Crippen LogP contribution in [0, 0.1) is 0 Å². The van der Waals surface area contributed by atoms with E-state index in [1.54, 1.807) is 25.4 Å². The first kappa shape index (κ1) is 19.9. The molecule has 0 saturated carbocycles. The van der Waals surface area contributed by atoms with Crippen LogP contribution in [0.5, 0.6) is 0 Å². The van der Waals surface area contributed by atoms with Gasteiger partial charge in [-0.1, -0.05) is 18.5 Å². The van der Waals surface area contributed by atoms with Crippen LogP contribution in [0.25, 0.3) is 5.95 Å². The van der Waals surface area contributed by atoms with Gasteiger partial charge in [0.2, 0.25) is 0 Å². The number of hydrogen-bond donors (Lipinski definition) is 1. The predicted molar refractivity (Wildman–Crippen MR) is 102 cm³/mol. The summed E-state index contributed by atoms with van der Waals surface area (Å²) in [6, 6.07) is 5.15. The van der Waals surface area contributed by atoms with E-state index >= 15 is 0 Å². The van der Waals surface area contributed by atoms with Crippen molar-refractivity contribution in [3.05, 3.63) is 59.4 Å². The number of sulfone groups is 1. The summed E-state index contributed by atoms with van der Waals surface area (Å²) in [7, 11) is -3.50. The maximum atomic E-state index is 12.7. The Hall–Kier alpha value is -2.85. The van der Waals surface area contributed by atoms with Gasteiger partial charge in [-0.2, -0.15) is 9.78 Å². The third-order valence-electron chi connectivity index (χ3n) is 3.92. The van der Waals surface area contributed by atoms with Crippen molar-refractivity contribution in [2.75, 3.05) is 5.75 Å². The van der Waals surface area contributed by atoms with Crippen LogP contribution in [0.2, 0.25) is 5.02 Å². The third kappa shape index (κ3) is 4.18. The molecule has 1 aromatic carbocycles. The van der Waals surface area contributed by atoms with Gasteiger partial charge < -0.3 is 5.32 Å². The van der Waals surface area contributed by atoms with Gasteiger partial charge >= 0.3 is 0 Å². The number of nitrogens with one attached hydrogen (secondary N) is 1. The fourth-order valence-electron chi connectivity index (χ4n) is 2.48. The van der Waals surface area contributed by atoms with Crippen molar-refractivity contribution >= 4 is 27.3 Å². The molecule has 0 fully saturated rings. The minimum atomic E-state index is -3.50. The number of hydrogen-bond acceptors (Lipinski definition) is 7. The van der Waals surface area contributed by atoms with Crippen LogP contribution < -0.4 is 5.32 Å². The molecular formula is C17H17ClN6O3S. The standard InChI is InChI=1S/C17H17ClN6O3S/c1-3-28(26,27)14-8-12(7-13(18)9-14)16(25)23-11(2)15-21-10-22-24(15)17-19-5-4-6-20-17/h4-11H,3H2,1-2H3,(H,23,25)/t11-/m0/s1. The molecule has 9 nitrogen and oxygen atoms in total. The quantitative estimate of drug-likeness (QED) is 0.647. The first-order chi connectivity index (χ1) is 13.3. The van der Waals surface area contributed by atoms with Crippen molar-refractivity contribution in [1.29, 1.82) is 0 Å². The Balaban J connectivity index is 1.86. The average molecular weight is 421 g/mol. The molecule has 3 aromatic rings. The largest absolute Gasteiger partial charge is 0.342 e. The van der Waals surface area contributed by atoms with Crippen molar-refractivity contribution in [3.8, 4) is 5.95 Å². The van der Waals surface area contributed by atoms with E-state index in [9.17, 15) is 13.2 Å². The van der Waals surface area contributed by atoms with Crippen LogP contribution in [0.3, 0.4) is 0 Å². The van der Waals surface area contributed by atoms with E-state index in [4.69, 9.17) is 11.6 Å². The van der Waals surface area contributed by atoms with E-state index < -0.39 is 21.8 Å². The summed E-state index contributed by atoms with van der Waals surface area (Å²) in [5.41, 5.74) is 0.133. The van der Waals surface area contributed by atoms with E-state index in [1.165, 1.54) is 36.1 Å². The molecule has 2 heterocycles. The van der Waals surface area contributed by atoms with Crippen LogP contribution in [-0.4, -0.2) is 44.8 Å². The number of aromatic nitrogens is 5. The number of carbonyl (C=O) groups is 1. The molecule has 0 radical (unpaired) electrons. The molecule has 0 spiro atoms. The maximum Gasteiger partial charge on any atom is 0.252 e. The number of halogens is 1. The summed E-state index contributed by atoms with van der Waals surface area (Å²) in [4.78, 5) is 25.1. The highest BCUT2D eigenvalue weighted by atomic mass is 35.5. The number of amides is 1. The molecule has 0 saturated heterocycles. The molecule has 2 aromatic heterocycles. The monoisotopic (exact) mass is 420 g/mol. The zero-order chi connectivity index (χ0) is 20.3. The van der Waals surface area contributed by atoms with E-state index in [-0.39, 0.29) is 21.2 Å². The Bertz CT molecular complexity index is 1100. The third-order valence-corrected chi connectivity index (χ3v) is 5.86. The van der Waals surface area contributed by atoms with E-state index in [2.05, 4.69) is 25.4 Å². The lowest BCUT2D eigenvalue weighted by Crippen LogP contribution is -2.29. The lowest BCUT2D eigenvalue weighted by Gasteiger charge is -2.14.